The number of hydrogen-bond donors (Lipinski definition) is 1. The molecule has 2 heterocycles. The number of hydrogen-bond acceptors (Lipinski definition) is 6. The molecule has 0 saturated carbocycles. The minimum Gasteiger partial charge on any atom is -0.490 e. The molecule has 3 rings (SSSR count). The first-order chi connectivity index (χ1) is 15.4. The number of amides is 3. The highest BCUT2D eigenvalue weighted by Crippen LogP contribution is 2.29. The van der Waals surface area contributed by atoms with E-state index >= 15 is 0 Å². The molecule has 1 aromatic rings. The molecule has 9 nitrogen and oxygen atoms in total. The van der Waals surface area contributed by atoms with Crippen LogP contribution in [-0.2, 0) is 14.8 Å². The van der Waals surface area contributed by atoms with Crippen LogP contribution >= 0.6 is 0 Å². The Bertz CT molecular complexity index is 968. The monoisotopic (exact) mass is 497 g/mol. The van der Waals surface area contributed by atoms with Gasteiger partial charge in [-0.3, -0.25) is 10.1 Å². The van der Waals surface area contributed by atoms with Gasteiger partial charge in [0, 0.05) is 19.6 Å². The summed E-state index contributed by atoms with van der Waals surface area (Å²) < 4.78 is 86.8. The maximum absolute atomic E-state index is 12.9. The number of piperidine rings is 1. The summed E-state index contributed by atoms with van der Waals surface area (Å²) in [6, 6.07) is 3.00. The zero-order chi connectivity index (χ0) is 24.4. The van der Waals surface area contributed by atoms with Gasteiger partial charge in [-0.15, -0.1) is 0 Å². The molecule has 0 radical (unpaired) electrons. The van der Waals surface area contributed by atoms with Crippen LogP contribution in [0.5, 0.6) is 11.5 Å². The minimum atomic E-state index is -4.61. The van der Waals surface area contributed by atoms with Crippen LogP contribution in [0.15, 0.2) is 24.3 Å². The van der Waals surface area contributed by atoms with E-state index in [1.165, 1.54) is 21.3 Å². The van der Waals surface area contributed by atoms with Crippen molar-refractivity contribution in [3.05, 3.63) is 24.3 Å². The Morgan fingerprint density at radius 1 is 1.12 bits per heavy atom. The standard InChI is InChI=1S/C19H23F4N3O6S/c1-2-26-15(16(27)24-18(26)28)11-33(29,30)25-9-7-13(8-10-25)31-12-3-5-14(6-4-12)32-19(22,23)17(20)21/h3-6,13,15,17H,2,7-11H2,1H3,(H,24,27,28)/t15-/m1/s1. The number of nitrogens with zero attached hydrogens (tertiary/aromatic N) is 2. The molecular formula is C19H23F4N3O6S. The van der Waals surface area contributed by atoms with Crippen molar-refractivity contribution < 1.29 is 45.0 Å². The lowest BCUT2D eigenvalue weighted by Gasteiger charge is -2.32. The number of carbonyl (C=O) groups is 2. The predicted octanol–water partition coefficient (Wildman–Crippen LogP) is 2.04. The lowest BCUT2D eigenvalue weighted by atomic mass is 10.1. The average Bonchev–Trinajstić information content (AvgIpc) is 3.01. The second-order valence-electron chi connectivity index (χ2n) is 7.53. The summed E-state index contributed by atoms with van der Waals surface area (Å²) >= 11 is 0. The predicted molar refractivity (Wildman–Crippen MR) is 107 cm³/mol. The fraction of sp³-hybridized carbons (Fsp3) is 0.579. The molecule has 0 unspecified atom stereocenters. The third kappa shape index (κ3) is 5.85. The second-order valence-corrected chi connectivity index (χ2v) is 9.54. The zero-order valence-electron chi connectivity index (χ0n) is 17.5. The molecule has 14 heteroatoms. The van der Waals surface area contributed by atoms with Crippen LogP contribution in [-0.4, -0.2) is 79.6 Å². The van der Waals surface area contributed by atoms with Gasteiger partial charge in [0.25, 0.3) is 5.91 Å². The molecule has 3 amide bonds. The van der Waals surface area contributed by atoms with Crippen molar-refractivity contribution in [3.63, 3.8) is 0 Å². The molecule has 1 atom stereocenters. The molecule has 0 aliphatic carbocycles. The normalized spacial score (nSPS) is 20.9. The lowest BCUT2D eigenvalue weighted by molar-refractivity contribution is -0.253. The Morgan fingerprint density at radius 2 is 1.70 bits per heavy atom. The molecule has 33 heavy (non-hydrogen) atoms. The molecule has 0 bridgehead atoms. The van der Waals surface area contributed by atoms with Crippen molar-refractivity contribution in [1.29, 1.82) is 0 Å². The van der Waals surface area contributed by atoms with E-state index < -0.39 is 52.0 Å². The van der Waals surface area contributed by atoms with Gasteiger partial charge in [-0.25, -0.2) is 17.5 Å². The van der Waals surface area contributed by atoms with Crippen LogP contribution in [0.25, 0.3) is 0 Å². The third-order valence-corrected chi connectivity index (χ3v) is 7.20. The van der Waals surface area contributed by atoms with Gasteiger partial charge in [0.2, 0.25) is 10.0 Å². The molecule has 2 fully saturated rings. The first-order valence-corrected chi connectivity index (χ1v) is 11.7. The van der Waals surface area contributed by atoms with Gasteiger partial charge in [-0.1, -0.05) is 0 Å². The summed E-state index contributed by atoms with van der Waals surface area (Å²) in [6.45, 7) is 2.09. The maximum Gasteiger partial charge on any atom is 0.461 e. The van der Waals surface area contributed by atoms with Crippen molar-refractivity contribution in [2.75, 3.05) is 25.4 Å². The minimum absolute atomic E-state index is 0.128. The van der Waals surface area contributed by atoms with Crippen molar-refractivity contribution in [3.8, 4) is 11.5 Å². The molecular weight excluding hydrogens is 474 g/mol. The van der Waals surface area contributed by atoms with E-state index in [1.807, 2.05) is 0 Å². The number of sulfonamides is 1. The highest BCUT2D eigenvalue weighted by atomic mass is 32.2. The Balaban J connectivity index is 1.52. The Morgan fingerprint density at radius 3 is 2.24 bits per heavy atom. The van der Waals surface area contributed by atoms with E-state index in [4.69, 9.17) is 4.74 Å². The third-order valence-electron chi connectivity index (χ3n) is 5.31. The summed E-state index contributed by atoms with van der Waals surface area (Å²) in [5, 5.41) is 2.11. The summed E-state index contributed by atoms with van der Waals surface area (Å²) in [5.41, 5.74) is 0. The van der Waals surface area contributed by atoms with E-state index in [1.54, 1.807) is 6.92 Å². The van der Waals surface area contributed by atoms with Gasteiger partial charge in [0.15, 0.2) is 0 Å². The van der Waals surface area contributed by atoms with Crippen LogP contribution in [0, 0.1) is 0 Å². The van der Waals surface area contributed by atoms with Crippen LogP contribution in [0.2, 0.25) is 0 Å². The molecule has 2 aliphatic rings. The average molecular weight is 497 g/mol. The number of urea groups is 1. The molecule has 2 saturated heterocycles. The van der Waals surface area contributed by atoms with E-state index in [-0.39, 0.29) is 31.5 Å². The lowest BCUT2D eigenvalue weighted by Crippen LogP contribution is -2.48. The highest BCUT2D eigenvalue weighted by Gasteiger charge is 2.44. The smallest absolute Gasteiger partial charge is 0.461 e. The number of nitrogens with one attached hydrogen (secondary N) is 1. The Labute approximate surface area is 187 Å². The highest BCUT2D eigenvalue weighted by molar-refractivity contribution is 7.89. The van der Waals surface area contributed by atoms with E-state index in [0.717, 1.165) is 12.1 Å². The van der Waals surface area contributed by atoms with Gasteiger partial charge in [-0.2, -0.15) is 17.6 Å². The van der Waals surface area contributed by atoms with Crippen LogP contribution < -0.4 is 14.8 Å². The van der Waals surface area contributed by atoms with Crippen LogP contribution in [0.3, 0.4) is 0 Å². The number of halogens is 4. The van der Waals surface area contributed by atoms with Gasteiger partial charge >= 0.3 is 18.6 Å². The number of ether oxygens (including phenoxy) is 2. The van der Waals surface area contributed by atoms with Crippen LogP contribution in [0.1, 0.15) is 19.8 Å². The number of alkyl halides is 4. The Hall–Kier alpha value is -2.61. The van der Waals surface area contributed by atoms with Crippen molar-refractivity contribution >= 4 is 22.0 Å². The number of carbonyl (C=O) groups excluding carboxylic acids is 2. The van der Waals surface area contributed by atoms with Gasteiger partial charge in [0.05, 0.1) is 5.75 Å². The SMILES string of the molecule is CCN1C(=O)NC(=O)[C@H]1CS(=O)(=O)N1CCC(Oc2ccc(OC(F)(F)C(F)F)cc2)CC1. The summed E-state index contributed by atoms with van der Waals surface area (Å²) in [5.74, 6) is -1.34. The molecule has 1 N–H and O–H groups in total. The van der Waals surface area contributed by atoms with Gasteiger partial charge in [-0.05, 0) is 44.0 Å². The largest absolute Gasteiger partial charge is 0.490 e. The first-order valence-electron chi connectivity index (χ1n) is 10.1. The maximum atomic E-state index is 12.9. The number of benzene rings is 1. The number of imide groups is 1. The fourth-order valence-electron chi connectivity index (χ4n) is 3.59. The van der Waals surface area contributed by atoms with E-state index in [2.05, 4.69) is 10.1 Å². The molecule has 2 aliphatic heterocycles. The van der Waals surface area contributed by atoms with Gasteiger partial charge < -0.3 is 14.4 Å². The summed E-state index contributed by atoms with van der Waals surface area (Å²) in [7, 11) is -3.82. The van der Waals surface area contributed by atoms with Crippen molar-refractivity contribution in [1.82, 2.24) is 14.5 Å². The Kier molecular flexibility index (Phi) is 7.36. The quantitative estimate of drug-likeness (QED) is 0.414. The first kappa shape index (κ1) is 25.0. The summed E-state index contributed by atoms with van der Waals surface area (Å²) in [6.07, 6.45) is -8.29. The second kappa shape index (κ2) is 9.71. The van der Waals surface area contributed by atoms with Gasteiger partial charge in [0.1, 0.15) is 23.6 Å². The molecule has 1 aromatic carbocycles. The molecule has 0 spiro atoms. The molecule has 0 aromatic heterocycles. The van der Waals surface area contributed by atoms with Crippen LogP contribution in [0.4, 0.5) is 22.4 Å². The van der Waals surface area contributed by atoms with Crippen molar-refractivity contribution in [2.45, 2.75) is 44.4 Å². The molecule has 184 valence electrons. The summed E-state index contributed by atoms with van der Waals surface area (Å²) in [4.78, 5) is 24.8. The van der Waals surface area contributed by atoms with E-state index in [9.17, 15) is 35.6 Å². The zero-order valence-corrected chi connectivity index (χ0v) is 18.4. The topological polar surface area (TPSA) is 105 Å². The fourth-order valence-corrected chi connectivity index (χ4v) is 5.29. The number of rotatable bonds is 9. The van der Waals surface area contributed by atoms with E-state index in [0.29, 0.717) is 12.8 Å². The van der Waals surface area contributed by atoms with Crippen molar-refractivity contribution in [2.24, 2.45) is 0 Å². The number of likely N-dealkylation sites (N-methyl/N-ethyl adjacent to an activating group) is 1.